The Hall–Kier alpha value is -4.51. The molecule has 3 aromatic carbocycles. The molecule has 0 aliphatic carbocycles. The number of aryl methyl sites for hydroxylation is 1. The quantitative estimate of drug-likeness (QED) is 0.334. The summed E-state index contributed by atoms with van der Waals surface area (Å²) in [4.78, 5) is 12.9. The van der Waals surface area contributed by atoms with Gasteiger partial charge in [-0.15, -0.1) is 0 Å². The van der Waals surface area contributed by atoms with Crippen LogP contribution in [0.2, 0.25) is 0 Å². The maximum atomic E-state index is 15.3. The molecular formula is C26H19F2N3O5S. The van der Waals surface area contributed by atoms with Crippen LogP contribution in [-0.4, -0.2) is 25.3 Å². The molecule has 0 aliphatic rings. The number of methoxy groups -OCH3 is 1. The number of rotatable bonds is 6. The summed E-state index contributed by atoms with van der Waals surface area (Å²) in [5.74, 6) is -1.02. The molecule has 2 heterocycles. The van der Waals surface area contributed by atoms with Crippen LogP contribution < -0.4 is 15.0 Å². The van der Waals surface area contributed by atoms with Crippen molar-refractivity contribution >= 4 is 26.7 Å². The van der Waals surface area contributed by atoms with E-state index in [2.05, 4.69) is 14.4 Å². The second-order valence-electron chi connectivity index (χ2n) is 8.24. The highest BCUT2D eigenvalue weighted by Gasteiger charge is 2.20. The van der Waals surface area contributed by atoms with E-state index in [1.54, 1.807) is 13.0 Å². The molecule has 37 heavy (non-hydrogen) atoms. The summed E-state index contributed by atoms with van der Waals surface area (Å²) in [5, 5.41) is 3.94. The van der Waals surface area contributed by atoms with Gasteiger partial charge in [0.2, 0.25) is 0 Å². The normalized spacial score (nSPS) is 11.6. The molecule has 0 amide bonds. The number of halogens is 2. The lowest BCUT2D eigenvalue weighted by molar-refractivity contribution is 0.412. The van der Waals surface area contributed by atoms with Crippen LogP contribution in [0.25, 0.3) is 27.7 Å². The summed E-state index contributed by atoms with van der Waals surface area (Å²) < 4.78 is 68.5. The molecule has 0 fully saturated rings. The number of ether oxygens (including phenoxy) is 1. The maximum absolute atomic E-state index is 15.3. The van der Waals surface area contributed by atoms with Gasteiger partial charge in [0.05, 0.1) is 23.2 Å². The van der Waals surface area contributed by atoms with Crippen molar-refractivity contribution in [3.05, 3.63) is 101 Å². The summed E-state index contributed by atoms with van der Waals surface area (Å²) in [7, 11) is -2.63. The zero-order valence-electron chi connectivity index (χ0n) is 19.5. The van der Waals surface area contributed by atoms with Crippen LogP contribution in [0.5, 0.6) is 5.75 Å². The zero-order chi connectivity index (χ0) is 26.3. The Bertz CT molecular complexity index is 1800. The highest BCUT2D eigenvalue weighted by Crippen LogP contribution is 2.34. The number of sulfonamides is 1. The molecule has 2 aromatic heterocycles. The first-order valence-corrected chi connectivity index (χ1v) is 12.4. The zero-order valence-corrected chi connectivity index (χ0v) is 20.3. The third-order valence-electron chi connectivity index (χ3n) is 5.72. The lowest BCUT2D eigenvalue weighted by Crippen LogP contribution is -2.19. The van der Waals surface area contributed by atoms with Gasteiger partial charge in [0.15, 0.2) is 5.82 Å². The van der Waals surface area contributed by atoms with Gasteiger partial charge in [0, 0.05) is 29.1 Å². The molecule has 0 saturated heterocycles. The number of hydrogen-bond donors (Lipinski definition) is 1. The van der Waals surface area contributed by atoms with E-state index in [4.69, 9.17) is 4.74 Å². The maximum Gasteiger partial charge on any atom is 0.263 e. The largest absolute Gasteiger partial charge is 0.495 e. The standard InChI is InChI=1S/C26H19F2N3O5S/c1-15-9-17(11-18(27)10-15)20-13-24(35-2)23(14-21(20)28)31-22-5-4-19(12-16(22)3-6-26(31)32)37(33,34)30-25-7-8-36-29-25/h3-14H,1-2H3,(H,29,30). The highest BCUT2D eigenvalue weighted by molar-refractivity contribution is 7.92. The molecule has 0 saturated carbocycles. The molecule has 0 bridgehead atoms. The molecule has 11 heteroatoms. The van der Waals surface area contributed by atoms with Gasteiger partial charge in [0.1, 0.15) is 23.6 Å². The number of pyridine rings is 1. The van der Waals surface area contributed by atoms with Gasteiger partial charge in [-0.2, -0.15) is 0 Å². The lowest BCUT2D eigenvalue weighted by Gasteiger charge is -2.17. The van der Waals surface area contributed by atoms with Gasteiger partial charge in [-0.3, -0.25) is 14.1 Å². The fourth-order valence-electron chi connectivity index (χ4n) is 4.10. The Morgan fingerprint density at radius 3 is 2.51 bits per heavy atom. The van der Waals surface area contributed by atoms with Crippen molar-refractivity contribution < 1.29 is 26.5 Å². The van der Waals surface area contributed by atoms with E-state index >= 15 is 4.39 Å². The molecule has 8 nitrogen and oxygen atoms in total. The van der Waals surface area contributed by atoms with Crippen LogP contribution in [-0.2, 0) is 10.0 Å². The lowest BCUT2D eigenvalue weighted by atomic mass is 10.0. The first-order valence-electron chi connectivity index (χ1n) is 10.9. The second-order valence-corrected chi connectivity index (χ2v) is 9.92. The van der Waals surface area contributed by atoms with Crippen molar-refractivity contribution in [3.63, 3.8) is 0 Å². The second kappa shape index (κ2) is 9.17. The van der Waals surface area contributed by atoms with E-state index in [0.717, 1.165) is 6.07 Å². The minimum Gasteiger partial charge on any atom is -0.495 e. The first kappa shape index (κ1) is 24.2. The van der Waals surface area contributed by atoms with Crippen LogP contribution in [0.15, 0.2) is 87.2 Å². The summed E-state index contributed by atoms with van der Waals surface area (Å²) in [6, 6.07) is 14.9. The van der Waals surface area contributed by atoms with Crippen molar-refractivity contribution in [3.8, 4) is 22.6 Å². The third kappa shape index (κ3) is 4.56. The van der Waals surface area contributed by atoms with E-state index in [0.29, 0.717) is 22.0 Å². The van der Waals surface area contributed by atoms with Crippen molar-refractivity contribution in [1.82, 2.24) is 9.72 Å². The molecule has 5 aromatic rings. The van der Waals surface area contributed by atoms with E-state index in [1.807, 2.05) is 0 Å². The minimum absolute atomic E-state index is 0.0128. The molecule has 0 radical (unpaired) electrons. The summed E-state index contributed by atoms with van der Waals surface area (Å²) in [6.45, 7) is 1.70. The monoisotopic (exact) mass is 523 g/mol. The molecule has 5 rings (SSSR count). The summed E-state index contributed by atoms with van der Waals surface area (Å²) in [6.07, 6.45) is 1.23. The van der Waals surface area contributed by atoms with Crippen LogP contribution in [0.3, 0.4) is 0 Å². The van der Waals surface area contributed by atoms with Crippen molar-refractivity contribution in [2.24, 2.45) is 0 Å². The predicted molar refractivity (Wildman–Crippen MR) is 133 cm³/mol. The van der Waals surface area contributed by atoms with Gasteiger partial charge in [-0.25, -0.2) is 17.2 Å². The molecular weight excluding hydrogens is 504 g/mol. The predicted octanol–water partition coefficient (Wildman–Crippen LogP) is 5.04. The first-order chi connectivity index (χ1) is 17.7. The van der Waals surface area contributed by atoms with Gasteiger partial charge in [-0.1, -0.05) is 11.2 Å². The van der Waals surface area contributed by atoms with E-state index in [9.17, 15) is 17.6 Å². The molecule has 0 unspecified atom stereocenters. The van der Waals surface area contributed by atoms with E-state index in [1.165, 1.54) is 72.5 Å². The number of fused-ring (bicyclic) bond motifs is 1. The smallest absolute Gasteiger partial charge is 0.263 e. The number of nitrogens with one attached hydrogen (secondary N) is 1. The number of nitrogens with zero attached hydrogens (tertiary/aromatic N) is 2. The average molecular weight is 524 g/mol. The topological polar surface area (TPSA) is 103 Å². The molecule has 0 spiro atoms. The SMILES string of the molecule is COc1cc(-c2cc(C)cc(F)c2)c(F)cc1-n1c(=O)ccc2cc(S(=O)(=O)Nc3ccon3)ccc21. The summed E-state index contributed by atoms with van der Waals surface area (Å²) in [5.41, 5.74) is 0.967. The minimum atomic E-state index is -4.00. The van der Waals surface area contributed by atoms with Crippen LogP contribution in [0.1, 0.15) is 5.56 Å². The summed E-state index contributed by atoms with van der Waals surface area (Å²) >= 11 is 0. The van der Waals surface area contributed by atoms with Gasteiger partial charge < -0.3 is 9.26 Å². The van der Waals surface area contributed by atoms with Crippen molar-refractivity contribution in [2.45, 2.75) is 11.8 Å². The molecule has 1 N–H and O–H groups in total. The van der Waals surface area contributed by atoms with Crippen LogP contribution in [0.4, 0.5) is 14.6 Å². The fraction of sp³-hybridized carbons (Fsp3) is 0.0769. The van der Waals surface area contributed by atoms with Crippen LogP contribution in [0, 0.1) is 18.6 Å². The van der Waals surface area contributed by atoms with Crippen molar-refractivity contribution in [2.75, 3.05) is 11.8 Å². The van der Waals surface area contributed by atoms with E-state index < -0.39 is 27.2 Å². The number of hydrogen-bond acceptors (Lipinski definition) is 6. The molecule has 188 valence electrons. The Morgan fingerprint density at radius 2 is 1.81 bits per heavy atom. The Kier molecular flexibility index (Phi) is 6.00. The molecule has 0 aliphatic heterocycles. The Labute approximate surface area is 209 Å². The molecule has 0 atom stereocenters. The van der Waals surface area contributed by atoms with Crippen LogP contribution >= 0.6 is 0 Å². The number of anilines is 1. The highest BCUT2D eigenvalue weighted by atomic mass is 32.2. The van der Waals surface area contributed by atoms with Crippen molar-refractivity contribution in [1.29, 1.82) is 0 Å². The Balaban J connectivity index is 1.65. The van der Waals surface area contributed by atoms with Gasteiger partial charge in [-0.05, 0) is 60.5 Å². The van der Waals surface area contributed by atoms with Gasteiger partial charge in [0.25, 0.3) is 15.6 Å². The van der Waals surface area contributed by atoms with Gasteiger partial charge >= 0.3 is 0 Å². The Morgan fingerprint density at radius 1 is 1.00 bits per heavy atom. The number of benzene rings is 3. The third-order valence-corrected chi connectivity index (χ3v) is 7.07. The number of aromatic nitrogens is 2. The fourth-order valence-corrected chi connectivity index (χ4v) is 5.12. The average Bonchev–Trinajstić information content (AvgIpc) is 3.35. The van der Waals surface area contributed by atoms with E-state index in [-0.39, 0.29) is 27.7 Å².